The van der Waals surface area contributed by atoms with Crippen LogP contribution in [0, 0.1) is 0 Å². The average Bonchev–Trinajstić information content (AvgIpc) is 3.20. The normalized spacial score (nSPS) is 11.7. The largest absolute Gasteiger partial charge is 0.481 e. The topological polar surface area (TPSA) is 77.8 Å². The summed E-state index contributed by atoms with van der Waals surface area (Å²) in [7, 11) is 1.54. The molecule has 32 heavy (non-hydrogen) atoms. The number of fused-ring (bicyclic) bond motifs is 1. The van der Waals surface area contributed by atoms with Crippen molar-refractivity contribution in [3.05, 3.63) is 60.0 Å². The van der Waals surface area contributed by atoms with Gasteiger partial charge in [0.2, 0.25) is 5.88 Å². The maximum absolute atomic E-state index is 12.9. The minimum Gasteiger partial charge on any atom is -0.481 e. The van der Waals surface area contributed by atoms with Crippen LogP contribution in [0.2, 0.25) is 0 Å². The summed E-state index contributed by atoms with van der Waals surface area (Å²) in [6.45, 7) is 3.07. The molecule has 0 aliphatic rings. The van der Waals surface area contributed by atoms with Crippen molar-refractivity contribution in [2.24, 2.45) is 0 Å². The van der Waals surface area contributed by atoms with Gasteiger partial charge in [-0.15, -0.1) is 0 Å². The summed E-state index contributed by atoms with van der Waals surface area (Å²) in [5.74, 6) is 1.53. The van der Waals surface area contributed by atoms with Crippen molar-refractivity contribution in [3.63, 3.8) is 0 Å². The number of rotatable bonds is 7. The Morgan fingerprint density at radius 2 is 1.81 bits per heavy atom. The fourth-order valence-electron chi connectivity index (χ4n) is 3.18. The predicted octanol–water partition coefficient (Wildman–Crippen LogP) is 4.79. The molecule has 10 heteroatoms. The number of nitrogens with one attached hydrogen (secondary N) is 1. The second-order valence-corrected chi connectivity index (χ2v) is 7.15. The molecule has 0 saturated carbocycles. The molecule has 7 nitrogen and oxygen atoms in total. The molecule has 0 bridgehead atoms. The minimum atomic E-state index is -4.37. The summed E-state index contributed by atoms with van der Waals surface area (Å²) in [4.78, 5) is 18.0. The molecule has 3 heterocycles. The lowest BCUT2D eigenvalue weighted by atomic mass is 10.1. The third kappa shape index (κ3) is 4.48. The van der Waals surface area contributed by atoms with Crippen molar-refractivity contribution in [1.82, 2.24) is 24.5 Å². The van der Waals surface area contributed by atoms with Gasteiger partial charge in [-0.2, -0.15) is 13.2 Å². The second-order valence-electron chi connectivity index (χ2n) is 7.15. The summed E-state index contributed by atoms with van der Waals surface area (Å²) in [6.07, 6.45) is -0.226. The van der Waals surface area contributed by atoms with Crippen LogP contribution in [0.5, 0.6) is 5.88 Å². The number of hydrogen-bond acceptors (Lipinski definition) is 6. The van der Waals surface area contributed by atoms with E-state index in [-0.39, 0.29) is 0 Å². The fourth-order valence-corrected chi connectivity index (χ4v) is 3.18. The molecule has 1 aromatic carbocycles. The van der Waals surface area contributed by atoms with Gasteiger partial charge < -0.3 is 14.6 Å². The Kier molecular flexibility index (Phi) is 5.93. The molecule has 0 spiro atoms. The van der Waals surface area contributed by atoms with Crippen LogP contribution in [-0.4, -0.2) is 38.2 Å². The first-order valence-electron chi connectivity index (χ1n) is 10.0. The lowest BCUT2D eigenvalue weighted by Crippen LogP contribution is -2.07. The van der Waals surface area contributed by atoms with Crippen LogP contribution < -0.4 is 10.1 Å². The SMILES string of the molecule is CCCNc1nc(-c2ccc(OC)nc2)nc2c1ncn2Cc1ccc(C(F)(F)F)cc1. The Morgan fingerprint density at radius 1 is 1.03 bits per heavy atom. The summed E-state index contributed by atoms with van der Waals surface area (Å²) in [5, 5.41) is 3.27. The zero-order chi connectivity index (χ0) is 22.7. The number of methoxy groups -OCH3 is 1. The monoisotopic (exact) mass is 442 g/mol. The van der Waals surface area contributed by atoms with Gasteiger partial charge >= 0.3 is 6.18 Å². The van der Waals surface area contributed by atoms with Crippen molar-refractivity contribution in [2.45, 2.75) is 26.1 Å². The molecule has 0 aliphatic heterocycles. The minimum absolute atomic E-state index is 0.319. The van der Waals surface area contributed by atoms with Gasteiger partial charge in [-0.05, 0) is 30.2 Å². The van der Waals surface area contributed by atoms with E-state index in [1.165, 1.54) is 19.2 Å². The smallest absolute Gasteiger partial charge is 0.416 e. The molecular formula is C22H21F3N6O. The van der Waals surface area contributed by atoms with E-state index in [1.807, 2.05) is 13.0 Å². The van der Waals surface area contributed by atoms with Gasteiger partial charge in [0.05, 0.1) is 25.5 Å². The Labute approximate surface area is 182 Å². The van der Waals surface area contributed by atoms with Gasteiger partial charge in [0, 0.05) is 24.4 Å². The van der Waals surface area contributed by atoms with Crippen LogP contribution in [-0.2, 0) is 12.7 Å². The predicted molar refractivity (Wildman–Crippen MR) is 114 cm³/mol. The van der Waals surface area contributed by atoms with Crippen LogP contribution in [0.1, 0.15) is 24.5 Å². The first-order valence-corrected chi connectivity index (χ1v) is 10.0. The summed E-state index contributed by atoms with van der Waals surface area (Å²) in [6, 6.07) is 8.60. The molecule has 3 aromatic heterocycles. The van der Waals surface area contributed by atoms with Crippen molar-refractivity contribution in [3.8, 4) is 17.3 Å². The van der Waals surface area contributed by atoms with Crippen LogP contribution in [0.3, 0.4) is 0 Å². The number of benzene rings is 1. The highest BCUT2D eigenvalue weighted by atomic mass is 19.4. The molecule has 4 rings (SSSR count). The molecule has 0 aliphatic carbocycles. The highest BCUT2D eigenvalue weighted by Gasteiger charge is 2.30. The number of nitrogens with zero attached hydrogens (tertiary/aromatic N) is 5. The first-order chi connectivity index (χ1) is 15.4. The summed E-state index contributed by atoms with van der Waals surface area (Å²) < 4.78 is 45.5. The number of ether oxygens (including phenoxy) is 1. The van der Waals surface area contributed by atoms with Crippen LogP contribution in [0.25, 0.3) is 22.6 Å². The number of anilines is 1. The zero-order valence-electron chi connectivity index (χ0n) is 17.5. The van der Waals surface area contributed by atoms with Gasteiger partial charge in [-0.1, -0.05) is 19.1 Å². The lowest BCUT2D eigenvalue weighted by molar-refractivity contribution is -0.137. The van der Waals surface area contributed by atoms with E-state index in [2.05, 4.69) is 25.3 Å². The van der Waals surface area contributed by atoms with E-state index in [1.54, 1.807) is 23.2 Å². The van der Waals surface area contributed by atoms with E-state index >= 15 is 0 Å². The van der Waals surface area contributed by atoms with E-state index in [0.29, 0.717) is 52.9 Å². The van der Waals surface area contributed by atoms with E-state index in [4.69, 9.17) is 4.74 Å². The molecule has 0 atom stereocenters. The molecule has 0 radical (unpaired) electrons. The third-order valence-corrected chi connectivity index (χ3v) is 4.84. The fraction of sp³-hybridized carbons (Fsp3) is 0.273. The maximum atomic E-state index is 12.9. The number of alkyl halides is 3. The molecule has 1 N–H and O–H groups in total. The quantitative estimate of drug-likeness (QED) is 0.444. The summed E-state index contributed by atoms with van der Waals surface area (Å²) >= 11 is 0. The number of aromatic nitrogens is 5. The summed E-state index contributed by atoms with van der Waals surface area (Å²) in [5.41, 5.74) is 1.89. The number of hydrogen-bond donors (Lipinski definition) is 1. The average molecular weight is 442 g/mol. The molecule has 0 unspecified atom stereocenters. The van der Waals surface area contributed by atoms with E-state index in [0.717, 1.165) is 18.6 Å². The van der Waals surface area contributed by atoms with Crippen molar-refractivity contribution in [2.75, 3.05) is 19.0 Å². The van der Waals surface area contributed by atoms with Gasteiger partial charge in [0.25, 0.3) is 0 Å². The van der Waals surface area contributed by atoms with Crippen molar-refractivity contribution in [1.29, 1.82) is 0 Å². The first kappa shape index (κ1) is 21.5. The van der Waals surface area contributed by atoms with Crippen LogP contribution >= 0.6 is 0 Å². The number of pyridine rings is 1. The highest BCUT2D eigenvalue weighted by molar-refractivity contribution is 5.85. The lowest BCUT2D eigenvalue weighted by Gasteiger charge is -2.10. The molecule has 0 saturated heterocycles. The van der Waals surface area contributed by atoms with E-state index < -0.39 is 11.7 Å². The van der Waals surface area contributed by atoms with Crippen LogP contribution in [0.15, 0.2) is 48.9 Å². The molecule has 0 amide bonds. The zero-order valence-corrected chi connectivity index (χ0v) is 17.5. The number of imidazole rings is 1. The maximum Gasteiger partial charge on any atom is 0.416 e. The molecule has 0 fully saturated rings. The Morgan fingerprint density at radius 3 is 2.44 bits per heavy atom. The van der Waals surface area contributed by atoms with Crippen molar-refractivity contribution < 1.29 is 17.9 Å². The van der Waals surface area contributed by atoms with Gasteiger partial charge in [-0.3, -0.25) is 0 Å². The number of halogens is 3. The van der Waals surface area contributed by atoms with E-state index in [9.17, 15) is 13.2 Å². The van der Waals surface area contributed by atoms with Crippen LogP contribution in [0.4, 0.5) is 19.0 Å². The third-order valence-electron chi connectivity index (χ3n) is 4.84. The van der Waals surface area contributed by atoms with Crippen molar-refractivity contribution >= 4 is 17.0 Å². The second kappa shape index (κ2) is 8.81. The Hall–Kier alpha value is -3.69. The van der Waals surface area contributed by atoms with Gasteiger partial charge in [-0.25, -0.2) is 19.9 Å². The Bertz CT molecular complexity index is 1200. The Balaban J connectivity index is 1.73. The highest BCUT2D eigenvalue weighted by Crippen LogP contribution is 2.30. The van der Waals surface area contributed by atoms with Gasteiger partial charge in [0.15, 0.2) is 17.3 Å². The standard InChI is InChI=1S/C22H21F3N6O/c1-3-10-26-20-18-21(30-19(29-20)15-6-9-17(32-2)27-11-15)31(13-28-18)12-14-4-7-16(8-5-14)22(23,24)25/h4-9,11,13H,3,10,12H2,1-2H3,(H,26,29,30). The molecular weight excluding hydrogens is 421 g/mol. The molecule has 166 valence electrons. The molecule has 4 aromatic rings. The van der Waals surface area contributed by atoms with Gasteiger partial charge in [0.1, 0.15) is 5.52 Å².